The lowest BCUT2D eigenvalue weighted by Crippen LogP contribution is -2.14. The fourth-order valence-electron chi connectivity index (χ4n) is 1.45. The molecule has 0 aliphatic rings. The predicted octanol–water partition coefficient (Wildman–Crippen LogP) is 3.54. The molecule has 7 heteroatoms. The fourth-order valence-corrected chi connectivity index (χ4v) is 1.82. The summed E-state index contributed by atoms with van der Waals surface area (Å²) in [7, 11) is 0. The van der Waals surface area contributed by atoms with Gasteiger partial charge in [0, 0.05) is 5.02 Å². The van der Waals surface area contributed by atoms with E-state index in [1.165, 1.54) is 30.5 Å². The third-order valence-electron chi connectivity index (χ3n) is 2.32. The van der Waals surface area contributed by atoms with E-state index in [-0.39, 0.29) is 22.0 Å². The van der Waals surface area contributed by atoms with E-state index in [1.54, 1.807) is 0 Å². The number of carboxylic acid groups (broad SMARTS) is 1. The quantitative estimate of drug-likeness (QED) is 0.908. The number of furan rings is 1. The highest BCUT2D eigenvalue weighted by molar-refractivity contribution is 6.33. The smallest absolute Gasteiger partial charge is 0.337 e. The number of carbonyl (C=O) groups is 2. The zero-order valence-electron chi connectivity index (χ0n) is 9.31. The molecular formula is C12H7Cl2NO4. The molecule has 1 amide bonds. The first-order valence-corrected chi connectivity index (χ1v) is 5.82. The van der Waals surface area contributed by atoms with Crippen LogP contribution in [0.2, 0.25) is 10.2 Å². The van der Waals surface area contributed by atoms with Crippen LogP contribution in [-0.2, 0) is 0 Å². The van der Waals surface area contributed by atoms with Crippen molar-refractivity contribution in [3.63, 3.8) is 0 Å². The number of amides is 1. The molecule has 19 heavy (non-hydrogen) atoms. The number of hydrogen-bond acceptors (Lipinski definition) is 3. The third-order valence-corrected chi connectivity index (χ3v) is 2.85. The molecule has 1 aromatic heterocycles. The summed E-state index contributed by atoms with van der Waals surface area (Å²) in [5.74, 6) is -1.76. The van der Waals surface area contributed by atoms with Gasteiger partial charge in [-0.15, -0.1) is 0 Å². The molecule has 1 heterocycles. The monoisotopic (exact) mass is 299 g/mol. The normalized spacial score (nSPS) is 10.2. The summed E-state index contributed by atoms with van der Waals surface area (Å²) >= 11 is 11.4. The van der Waals surface area contributed by atoms with Crippen LogP contribution in [0.3, 0.4) is 0 Å². The first-order valence-electron chi connectivity index (χ1n) is 5.06. The van der Waals surface area contributed by atoms with Gasteiger partial charge in [0.2, 0.25) is 5.22 Å². The number of halogens is 2. The zero-order chi connectivity index (χ0) is 14.0. The Morgan fingerprint density at radius 3 is 2.47 bits per heavy atom. The van der Waals surface area contributed by atoms with Crippen LogP contribution in [0.5, 0.6) is 0 Å². The highest BCUT2D eigenvalue weighted by atomic mass is 35.5. The molecule has 0 atom stereocenters. The third kappa shape index (κ3) is 2.89. The Bertz CT molecular complexity index is 651. The van der Waals surface area contributed by atoms with Crippen LogP contribution in [0.25, 0.3) is 0 Å². The maximum Gasteiger partial charge on any atom is 0.337 e. The van der Waals surface area contributed by atoms with E-state index in [0.717, 1.165) is 0 Å². The second kappa shape index (κ2) is 5.34. The molecule has 0 spiro atoms. The van der Waals surface area contributed by atoms with E-state index in [4.69, 9.17) is 32.7 Å². The largest absolute Gasteiger partial charge is 0.478 e. The first-order chi connectivity index (χ1) is 8.99. The van der Waals surface area contributed by atoms with Crippen molar-refractivity contribution in [1.82, 2.24) is 0 Å². The maximum absolute atomic E-state index is 11.9. The van der Waals surface area contributed by atoms with Gasteiger partial charge in [-0.1, -0.05) is 11.6 Å². The Morgan fingerprint density at radius 2 is 1.89 bits per heavy atom. The topological polar surface area (TPSA) is 79.5 Å². The molecule has 0 radical (unpaired) electrons. The molecule has 0 unspecified atom stereocenters. The van der Waals surface area contributed by atoms with E-state index in [1.807, 2.05) is 0 Å². The van der Waals surface area contributed by atoms with Crippen LogP contribution in [0.1, 0.15) is 20.7 Å². The molecule has 5 nitrogen and oxygen atoms in total. The standard InChI is InChI=1S/C12H7Cl2NO4/c13-6-1-2-7(12(17)18)9(5-6)15-11(16)8-3-4-19-10(8)14/h1-5H,(H,15,16)(H,17,18). The molecule has 0 saturated heterocycles. The Morgan fingerprint density at radius 1 is 1.16 bits per heavy atom. The summed E-state index contributed by atoms with van der Waals surface area (Å²) in [6.07, 6.45) is 1.26. The van der Waals surface area contributed by atoms with Crippen LogP contribution in [0.4, 0.5) is 5.69 Å². The summed E-state index contributed by atoms with van der Waals surface area (Å²) in [5, 5.41) is 11.7. The molecule has 0 saturated carbocycles. The molecule has 0 aliphatic heterocycles. The van der Waals surface area contributed by atoms with Crippen molar-refractivity contribution >= 4 is 40.8 Å². The van der Waals surface area contributed by atoms with Gasteiger partial charge in [0.25, 0.3) is 5.91 Å². The number of benzene rings is 1. The summed E-state index contributed by atoms with van der Waals surface area (Å²) in [6, 6.07) is 5.45. The van der Waals surface area contributed by atoms with Gasteiger partial charge >= 0.3 is 5.97 Å². The lowest BCUT2D eigenvalue weighted by atomic mass is 10.1. The average Bonchev–Trinajstić information content (AvgIpc) is 2.75. The predicted molar refractivity (Wildman–Crippen MR) is 70.1 cm³/mol. The van der Waals surface area contributed by atoms with Crippen molar-refractivity contribution < 1.29 is 19.1 Å². The summed E-state index contributed by atoms with van der Waals surface area (Å²) < 4.78 is 4.79. The van der Waals surface area contributed by atoms with E-state index in [9.17, 15) is 9.59 Å². The fraction of sp³-hybridized carbons (Fsp3) is 0. The van der Waals surface area contributed by atoms with Gasteiger partial charge in [0.05, 0.1) is 23.1 Å². The van der Waals surface area contributed by atoms with E-state index in [2.05, 4.69) is 5.32 Å². The second-order valence-electron chi connectivity index (χ2n) is 3.56. The van der Waals surface area contributed by atoms with Gasteiger partial charge in [-0.05, 0) is 35.9 Å². The van der Waals surface area contributed by atoms with Gasteiger partial charge in [-0.25, -0.2) is 4.79 Å². The second-order valence-corrected chi connectivity index (χ2v) is 4.34. The SMILES string of the molecule is O=C(O)c1ccc(Cl)cc1NC(=O)c1ccoc1Cl. The zero-order valence-corrected chi connectivity index (χ0v) is 10.8. The van der Waals surface area contributed by atoms with Crippen LogP contribution >= 0.6 is 23.2 Å². The summed E-state index contributed by atoms with van der Waals surface area (Å²) in [4.78, 5) is 22.9. The van der Waals surface area contributed by atoms with Crippen molar-refractivity contribution in [1.29, 1.82) is 0 Å². The molecule has 98 valence electrons. The number of anilines is 1. The van der Waals surface area contributed by atoms with E-state index >= 15 is 0 Å². The van der Waals surface area contributed by atoms with Gasteiger partial charge in [-0.3, -0.25) is 4.79 Å². The average molecular weight is 300 g/mol. The molecule has 0 fully saturated rings. The lowest BCUT2D eigenvalue weighted by molar-refractivity contribution is 0.0698. The van der Waals surface area contributed by atoms with Crippen LogP contribution < -0.4 is 5.32 Å². The number of carbonyl (C=O) groups excluding carboxylic acids is 1. The van der Waals surface area contributed by atoms with Crippen molar-refractivity contribution in [2.75, 3.05) is 5.32 Å². The summed E-state index contributed by atoms with van der Waals surface area (Å²) in [6.45, 7) is 0. The van der Waals surface area contributed by atoms with Gasteiger partial charge in [-0.2, -0.15) is 0 Å². The highest BCUT2D eigenvalue weighted by Gasteiger charge is 2.17. The maximum atomic E-state index is 11.9. The molecule has 0 bridgehead atoms. The number of rotatable bonds is 3. The number of hydrogen-bond donors (Lipinski definition) is 2. The van der Waals surface area contributed by atoms with Crippen molar-refractivity contribution in [2.24, 2.45) is 0 Å². The van der Waals surface area contributed by atoms with Crippen LogP contribution in [-0.4, -0.2) is 17.0 Å². The van der Waals surface area contributed by atoms with Crippen molar-refractivity contribution in [3.05, 3.63) is 51.9 Å². The van der Waals surface area contributed by atoms with Crippen molar-refractivity contribution in [3.8, 4) is 0 Å². The molecule has 2 rings (SSSR count). The Kier molecular flexibility index (Phi) is 3.78. The molecule has 1 aromatic carbocycles. The minimum atomic E-state index is -1.18. The van der Waals surface area contributed by atoms with E-state index < -0.39 is 11.9 Å². The highest BCUT2D eigenvalue weighted by Crippen LogP contribution is 2.23. The number of nitrogens with one attached hydrogen (secondary N) is 1. The van der Waals surface area contributed by atoms with E-state index in [0.29, 0.717) is 5.02 Å². The van der Waals surface area contributed by atoms with Gasteiger partial charge < -0.3 is 14.8 Å². The Balaban J connectivity index is 2.33. The Hall–Kier alpha value is -1.98. The first kappa shape index (κ1) is 13.5. The lowest BCUT2D eigenvalue weighted by Gasteiger charge is -2.08. The number of aromatic carboxylic acids is 1. The van der Waals surface area contributed by atoms with Crippen LogP contribution in [0.15, 0.2) is 34.9 Å². The molecule has 2 aromatic rings. The van der Waals surface area contributed by atoms with Gasteiger partial charge in [0.15, 0.2) is 0 Å². The number of carboxylic acids is 1. The van der Waals surface area contributed by atoms with Gasteiger partial charge in [0.1, 0.15) is 0 Å². The molecular weight excluding hydrogens is 293 g/mol. The Labute approximate surface area is 117 Å². The molecule has 2 N–H and O–H groups in total. The minimum absolute atomic E-state index is 0.0719. The van der Waals surface area contributed by atoms with Crippen molar-refractivity contribution in [2.45, 2.75) is 0 Å². The minimum Gasteiger partial charge on any atom is -0.478 e. The summed E-state index contributed by atoms with van der Waals surface area (Å²) in [5.41, 5.74) is 0.123. The van der Waals surface area contributed by atoms with Crippen LogP contribution in [0, 0.1) is 0 Å². The molecule has 0 aliphatic carbocycles.